The van der Waals surface area contributed by atoms with E-state index in [-0.39, 0.29) is 0 Å². The molecule has 4 heterocycles. The second-order valence-corrected chi connectivity index (χ2v) is 7.99. The van der Waals surface area contributed by atoms with Crippen molar-refractivity contribution in [2.24, 2.45) is 0 Å². The highest BCUT2D eigenvalue weighted by Crippen LogP contribution is 2.29. The molecular formula is C19H29N5O. The normalized spacial score (nSPS) is 21.5. The third-order valence-electron chi connectivity index (χ3n) is 5.69. The van der Waals surface area contributed by atoms with E-state index >= 15 is 0 Å². The molecule has 6 heteroatoms. The predicted molar refractivity (Wildman–Crippen MR) is 99.1 cm³/mol. The molecule has 0 bridgehead atoms. The third-order valence-corrected chi connectivity index (χ3v) is 5.69. The van der Waals surface area contributed by atoms with E-state index in [9.17, 15) is 5.11 Å². The molecule has 2 aliphatic heterocycles. The molecule has 0 amide bonds. The molecule has 0 radical (unpaired) electrons. The lowest BCUT2D eigenvalue weighted by molar-refractivity contribution is -0.0112. The van der Waals surface area contributed by atoms with Gasteiger partial charge < -0.3 is 14.9 Å². The lowest BCUT2D eigenvalue weighted by atomic mass is 9.90. The van der Waals surface area contributed by atoms with Gasteiger partial charge in [-0.15, -0.1) is 0 Å². The highest BCUT2D eigenvalue weighted by Gasteiger charge is 2.35. The van der Waals surface area contributed by atoms with Crippen molar-refractivity contribution in [1.82, 2.24) is 19.5 Å². The molecule has 4 rings (SSSR count). The highest BCUT2D eigenvalue weighted by atomic mass is 16.3. The number of nitrogens with zero attached hydrogens (tertiary/aromatic N) is 5. The molecule has 25 heavy (non-hydrogen) atoms. The van der Waals surface area contributed by atoms with Gasteiger partial charge in [-0.1, -0.05) is 13.8 Å². The average Bonchev–Trinajstić information content (AvgIpc) is 3.25. The Labute approximate surface area is 149 Å². The van der Waals surface area contributed by atoms with Crippen molar-refractivity contribution in [2.75, 3.05) is 37.6 Å². The molecule has 0 aliphatic carbocycles. The first-order valence-corrected chi connectivity index (χ1v) is 9.58. The molecule has 2 aromatic rings. The molecule has 6 nitrogen and oxygen atoms in total. The minimum Gasteiger partial charge on any atom is -0.388 e. The molecule has 136 valence electrons. The summed E-state index contributed by atoms with van der Waals surface area (Å²) in [6.07, 6.45) is 5.98. The molecule has 2 aromatic heterocycles. The number of anilines is 1. The van der Waals surface area contributed by atoms with Crippen LogP contribution in [0, 0.1) is 0 Å². The van der Waals surface area contributed by atoms with Crippen LogP contribution in [0.15, 0.2) is 18.3 Å². The fourth-order valence-corrected chi connectivity index (χ4v) is 4.10. The summed E-state index contributed by atoms with van der Waals surface area (Å²) >= 11 is 0. The summed E-state index contributed by atoms with van der Waals surface area (Å²) in [5, 5.41) is 15.5. The van der Waals surface area contributed by atoms with Crippen LogP contribution < -0.4 is 4.90 Å². The summed E-state index contributed by atoms with van der Waals surface area (Å²) in [6, 6.07) is 4.12. The summed E-state index contributed by atoms with van der Waals surface area (Å²) in [7, 11) is 0. The molecule has 2 aliphatic rings. The molecule has 0 spiro atoms. The second-order valence-electron chi connectivity index (χ2n) is 7.99. The van der Waals surface area contributed by atoms with E-state index in [1.807, 2.05) is 16.8 Å². The van der Waals surface area contributed by atoms with Gasteiger partial charge in [0.25, 0.3) is 0 Å². The SMILES string of the molecule is CC(C)c1cc(N2CCC(O)(CN3CCCC3)CC2)n2nccc2n1. The first-order valence-electron chi connectivity index (χ1n) is 9.58. The fraction of sp³-hybridized carbons (Fsp3) is 0.684. The lowest BCUT2D eigenvalue weighted by Gasteiger charge is -2.41. The van der Waals surface area contributed by atoms with Crippen LogP contribution in [-0.2, 0) is 0 Å². The molecule has 0 aromatic carbocycles. The molecule has 2 fully saturated rings. The van der Waals surface area contributed by atoms with E-state index in [4.69, 9.17) is 4.98 Å². The maximum Gasteiger partial charge on any atom is 0.157 e. The first kappa shape index (κ1) is 16.8. The van der Waals surface area contributed by atoms with Gasteiger partial charge in [0.15, 0.2) is 5.65 Å². The van der Waals surface area contributed by atoms with Gasteiger partial charge in [0, 0.05) is 37.5 Å². The molecular weight excluding hydrogens is 314 g/mol. The van der Waals surface area contributed by atoms with Crippen LogP contribution in [0.25, 0.3) is 5.65 Å². The standard InChI is InChI=1S/C19H29N5O/c1-15(2)16-13-18(24-17(21-16)5-8-20-24)23-11-6-19(25,7-12-23)14-22-9-3-4-10-22/h5,8,13,15,25H,3-4,6-7,9-12,14H2,1-2H3. The van der Waals surface area contributed by atoms with E-state index in [1.54, 1.807) is 0 Å². The minimum absolute atomic E-state index is 0.385. The number of fused-ring (bicyclic) bond motifs is 1. The Balaban J connectivity index is 1.52. The minimum atomic E-state index is -0.544. The van der Waals surface area contributed by atoms with Crippen molar-refractivity contribution in [3.05, 3.63) is 24.0 Å². The molecule has 0 saturated carbocycles. The Morgan fingerprint density at radius 2 is 1.88 bits per heavy atom. The van der Waals surface area contributed by atoms with Gasteiger partial charge in [0.1, 0.15) is 5.82 Å². The third kappa shape index (κ3) is 3.37. The number of rotatable bonds is 4. The van der Waals surface area contributed by atoms with Crippen molar-refractivity contribution < 1.29 is 5.11 Å². The molecule has 1 N–H and O–H groups in total. The summed E-state index contributed by atoms with van der Waals surface area (Å²) in [5.74, 6) is 1.48. The number of aromatic nitrogens is 3. The van der Waals surface area contributed by atoms with Crippen molar-refractivity contribution >= 4 is 11.5 Å². The van der Waals surface area contributed by atoms with E-state index in [0.29, 0.717) is 5.92 Å². The molecule has 0 unspecified atom stereocenters. The van der Waals surface area contributed by atoms with Gasteiger partial charge in [-0.05, 0) is 44.7 Å². The Hall–Kier alpha value is -1.66. The Kier molecular flexibility index (Phi) is 4.41. The number of likely N-dealkylation sites (tertiary alicyclic amines) is 1. The van der Waals surface area contributed by atoms with E-state index in [0.717, 1.165) is 62.7 Å². The van der Waals surface area contributed by atoms with Gasteiger partial charge in [0.05, 0.1) is 11.8 Å². The Morgan fingerprint density at radius 3 is 2.56 bits per heavy atom. The van der Waals surface area contributed by atoms with Gasteiger partial charge >= 0.3 is 0 Å². The van der Waals surface area contributed by atoms with Crippen molar-refractivity contribution in [1.29, 1.82) is 0 Å². The van der Waals surface area contributed by atoms with E-state index in [2.05, 4.69) is 34.8 Å². The number of aliphatic hydroxyl groups is 1. The number of hydrogen-bond donors (Lipinski definition) is 1. The van der Waals surface area contributed by atoms with Crippen LogP contribution in [0.4, 0.5) is 5.82 Å². The quantitative estimate of drug-likeness (QED) is 0.923. The number of piperidine rings is 1. The highest BCUT2D eigenvalue weighted by molar-refractivity contribution is 5.51. The maximum absolute atomic E-state index is 11.0. The van der Waals surface area contributed by atoms with Crippen molar-refractivity contribution in [3.63, 3.8) is 0 Å². The fourth-order valence-electron chi connectivity index (χ4n) is 4.10. The Bertz CT molecular complexity index is 726. The summed E-state index contributed by atoms with van der Waals surface area (Å²) in [4.78, 5) is 9.48. The van der Waals surface area contributed by atoms with Crippen LogP contribution in [0.1, 0.15) is 51.1 Å². The topological polar surface area (TPSA) is 56.9 Å². The molecule has 2 saturated heterocycles. The largest absolute Gasteiger partial charge is 0.388 e. The van der Waals surface area contributed by atoms with Gasteiger partial charge in [-0.2, -0.15) is 9.61 Å². The zero-order valence-corrected chi connectivity index (χ0v) is 15.4. The average molecular weight is 343 g/mol. The zero-order valence-electron chi connectivity index (χ0n) is 15.4. The maximum atomic E-state index is 11.0. The summed E-state index contributed by atoms with van der Waals surface area (Å²) in [5.41, 5.74) is 1.46. The zero-order chi connectivity index (χ0) is 17.4. The van der Waals surface area contributed by atoms with E-state index < -0.39 is 5.60 Å². The molecule has 0 atom stereocenters. The van der Waals surface area contributed by atoms with E-state index in [1.165, 1.54) is 12.8 Å². The lowest BCUT2D eigenvalue weighted by Crippen LogP contribution is -2.50. The van der Waals surface area contributed by atoms with Gasteiger partial charge in [-0.3, -0.25) is 0 Å². The first-order chi connectivity index (χ1) is 12.0. The van der Waals surface area contributed by atoms with Crippen LogP contribution in [0.2, 0.25) is 0 Å². The van der Waals surface area contributed by atoms with Crippen molar-refractivity contribution in [2.45, 2.75) is 51.0 Å². The van der Waals surface area contributed by atoms with Crippen LogP contribution >= 0.6 is 0 Å². The summed E-state index contributed by atoms with van der Waals surface area (Å²) in [6.45, 7) is 9.17. The number of hydrogen-bond acceptors (Lipinski definition) is 5. The Morgan fingerprint density at radius 1 is 1.16 bits per heavy atom. The van der Waals surface area contributed by atoms with Crippen molar-refractivity contribution in [3.8, 4) is 0 Å². The smallest absolute Gasteiger partial charge is 0.157 e. The predicted octanol–water partition coefficient (Wildman–Crippen LogP) is 2.28. The second kappa shape index (κ2) is 6.57. The monoisotopic (exact) mass is 343 g/mol. The van der Waals surface area contributed by atoms with Crippen LogP contribution in [0.3, 0.4) is 0 Å². The summed E-state index contributed by atoms with van der Waals surface area (Å²) < 4.78 is 1.93. The number of β-amino-alcohol motifs (C(OH)–C–C–N with tert-alkyl or cyclic N) is 1. The van der Waals surface area contributed by atoms with Gasteiger partial charge in [-0.25, -0.2) is 4.98 Å². The van der Waals surface area contributed by atoms with Gasteiger partial charge in [0.2, 0.25) is 0 Å². The van der Waals surface area contributed by atoms with Crippen LogP contribution in [-0.4, -0.2) is 62.9 Å². The van der Waals surface area contributed by atoms with Crippen LogP contribution in [0.5, 0.6) is 0 Å².